The van der Waals surface area contributed by atoms with E-state index in [2.05, 4.69) is 13.8 Å². The first-order chi connectivity index (χ1) is 8.41. The summed E-state index contributed by atoms with van der Waals surface area (Å²) in [4.78, 5) is 22.7. The maximum absolute atomic E-state index is 12.2. The molecule has 100 valence electrons. The highest BCUT2D eigenvalue weighted by Gasteiger charge is 2.08. The molecule has 0 spiro atoms. The van der Waals surface area contributed by atoms with E-state index in [4.69, 9.17) is 5.11 Å². The fourth-order valence-electron chi connectivity index (χ4n) is 1.81. The Morgan fingerprint density at radius 1 is 1.39 bits per heavy atom. The molecule has 0 aliphatic heterocycles. The number of rotatable bonds is 6. The first-order valence-corrected chi connectivity index (χ1v) is 6.33. The summed E-state index contributed by atoms with van der Waals surface area (Å²) in [5.41, 5.74) is 1.48. The highest BCUT2D eigenvalue weighted by molar-refractivity contribution is 5.67. The quantitative estimate of drug-likeness (QED) is 0.843. The number of carboxylic acids is 1. The lowest BCUT2D eigenvalue weighted by atomic mass is 10.1. The van der Waals surface area contributed by atoms with E-state index in [0.717, 1.165) is 12.1 Å². The van der Waals surface area contributed by atoms with E-state index >= 15 is 0 Å². The van der Waals surface area contributed by atoms with Crippen LogP contribution in [0.15, 0.2) is 16.9 Å². The first kappa shape index (κ1) is 14.5. The lowest BCUT2D eigenvalue weighted by Gasteiger charge is -2.13. The number of hydrogen-bond donors (Lipinski definition) is 1. The van der Waals surface area contributed by atoms with E-state index < -0.39 is 5.97 Å². The molecular weight excluding hydrogens is 230 g/mol. The topological polar surface area (TPSA) is 59.3 Å². The molecule has 4 nitrogen and oxygen atoms in total. The van der Waals surface area contributed by atoms with Gasteiger partial charge in [0.2, 0.25) is 0 Å². The van der Waals surface area contributed by atoms with E-state index in [-0.39, 0.29) is 12.0 Å². The second kappa shape index (κ2) is 6.38. The van der Waals surface area contributed by atoms with Crippen LogP contribution < -0.4 is 5.56 Å². The molecule has 0 fully saturated rings. The molecule has 0 aliphatic carbocycles. The van der Waals surface area contributed by atoms with E-state index in [1.54, 1.807) is 10.6 Å². The minimum absolute atomic E-state index is 0.00246. The van der Waals surface area contributed by atoms with Gasteiger partial charge in [-0.05, 0) is 31.7 Å². The number of nitrogens with zero attached hydrogens (tertiary/aromatic N) is 1. The number of aryl methyl sites for hydroxylation is 2. The number of carboxylic acid groups (broad SMARTS) is 1. The molecule has 1 aromatic heterocycles. The van der Waals surface area contributed by atoms with Crippen LogP contribution in [0.3, 0.4) is 0 Å². The third-order valence-corrected chi connectivity index (χ3v) is 3.01. The van der Waals surface area contributed by atoms with Crippen LogP contribution in [0.5, 0.6) is 0 Å². The average molecular weight is 251 g/mol. The van der Waals surface area contributed by atoms with E-state index in [0.29, 0.717) is 24.4 Å². The maximum atomic E-state index is 12.2. The SMILES string of the molecule is Cc1ccc(CCC(=O)O)c(=O)n1CCC(C)C. The second-order valence-corrected chi connectivity index (χ2v) is 5.03. The zero-order chi connectivity index (χ0) is 13.7. The van der Waals surface area contributed by atoms with Crippen molar-refractivity contribution < 1.29 is 9.90 Å². The minimum atomic E-state index is -0.872. The van der Waals surface area contributed by atoms with E-state index in [9.17, 15) is 9.59 Å². The molecule has 1 N–H and O–H groups in total. The summed E-state index contributed by atoms with van der Waals surface area (Å²) in [5.74, 6) is -0.331. The summed E-state index contributed by atoms with van der Waals surface area (Å²) in [6, 6.07) is 3.63. The van der Waals surface area contributed by atoms with Gasteiger partial charge >= 0.3 is 5.97 Å². The van der Waals surface area contributed by atoms with Gasteiger partial charge in [-0.3, -0.25) is 9.59 Å². The van der Waals surface area contributed by atoms with E-state index in [1.807, 2.05) is 13.0 Å². The number of aliphatic carboxylic acids is 1. The molecule has 0 bridgehead atoms. The Hall–Kier alpha value is -1.58. The van der Waals surface area contributed by atoms with Gasteiger partial charge in [0.1, 0.15) is 0 Å². The molecule has 0 atom stereocenters. The fraction of sp³-hybridized carbons (Fsp3) is 0.571. The first-order valence-electron chi connectivity index (χ1n) is 6.33. The van der Waals surface area contributed by atoms with Gasteiger partial charge < -0.3 is 9.67 Å². The molecule has 0 saturated heterocycles. The molecule has 18 heavy (non-hydrogen) atoms. The molecule has 1 aromatic rings. The van der Waals surface area contributed by atoms with Crippen molar-refractivity contribution in [1.82, 2.24) is 4.57 Å². The Bertz CT molecular complexity index is 474. The van der Waals surface area contributed by atoms with Gasteiger partial charge in [-0.15, -0.1) is 0 Å². The molecular formula is C14H21NO3. The lowest BCUT2D eigenvalue weighted by molar-refractivity contribution is -0.136. The molecule has 0 amide bonds. The summed E-state index contributed by atoms with van der Waals surface area (Å²) in [6.07, 6.45) is 1.25. The summed E-state index contributed by atoms with van der Waals surface area (Å²) in [7, 11) is 0. The van der Waals surface area contributed by atoms with Crippen molar-refractivity contribution in [3.63, 3.8) is 0 Å². The van der Waals surface area contributed by atoms with Gasteiger partial charge in [0.15, 0.2) is 0 Å². The molecule has 4 heteroatoms. The normalized spacial score (nSPS) is 10.9. The molecule has 1 heterocycles. The highest BCUT2D eigenvalue weighted by Crippen LogP contribution is 2.06. The fourth-order valence-corrected chi connectivity index (χ4v) is 1.81. The van der Waals surface area contributed by atoms with Crippen LogP contribution in [0.2, 0.25) is 0 Å². The summed E-state index contributed by atoms with van der Waals surface area (Å²) < 4.78 is 1.75. The van der Waals surface area contributed by atoms with Crippen LogP contribution in [0.4, 0.5) is 0 Å². The largest absolute Gasteiger partial charge is 0.481 e. The second-order valence-electron chi connectivity index (χ2n) is 5.03. The molecule has 1 rings (SSSR count). The summed E-state index contributed by atoms with van der Waals surface area (Å²) >= 11 is 0. The van der Waals surface area contributed by atoms with Crippen molar-refractivity contribution in [2.45, 2.75) is 46.6 Å². The Labute approximate surface area is 107 Å². The van der Waals surface area contributed by atoms with Gasteiger partial charge in [0.05, 0.1) is 0 Å². The molecule has 0 aromatic carbocycles. The van der Waals surface area contributed by atoms with E-state index in [1.165, 1.54) is 0 Å². The number of carbonyl (C=O) groups is 1. The van der Waals surface area contributed by atoms with Crippen LogP contribution >= 0.6 is 0 Å². The van der Waals surface area contributed by atoms with Crippen LogP contribution in [0, 0.1) is 12.8 Å². The summed E-state index contributed by atoms with van der Waals surface area (Å²) in [6.45, 7) is 6.84. The van der Waals surface area contributed by atoms with Gasteiger partial charge in [0, 0.05) is 24.2 Å². The smallest absolute Gasteiger partial charge is 0.303 e. The van der Waals surface area contributed by atoms with Gasteiger partial charge in [-0.1, -0.05) is 19.9 Å². The Morgan fingerprint density at radius 3 is 2.61 bits per heavy atom. The molecule has 0 radical (unpaired) electrons. The predicted molar refractivity (Wildman–Crippen MR) is 70.9 cm³/mol. The number of pyridine rings is 1. The molecule has 0 aliphatic rings. The Kier molecular flexibility index (Phi) is 5.13. The molecule has 0 unspecified atom stereocenters. The number of aromatic nitrogens is 1. The average Bonchev–Trinajstić information content (AvgIpc) is 2.27. The van der Waals surface area contributed by atoms with Crippen molar-refractivity contribution in [3.05, 3.63) is 33.7 Å². The third-order valence-electron chi connectivity index (χ3n) is 3.01. The zero-order valence-electron chi connectivity index (χ0n) is 11.3. The maximum Gasteiger partial charge on any atom is 0.303 e. The monoisotopic (exact) mass is 251 g/mol. The van der Waals surface area contributed by atoms with Gasteiger partial charge in [-0.2, -0.15) is 0 Å². The van der Waals surface area contributed by atoms with Crippen LogP contribution in [0.25, 0.3) is 0 Å². The van der Waals surface area contributed by atoms with Crippen LogP contribution in [0.1, 0.15) is 37.9 Å². The summed E-state index contributed by atoms with van der Waals surface area (Å²) in [5, 5.41) is 8.66. The standard InChI is InChI=1S/C14H21NO3/c1-10(2)8-9-15-11(3)4-5-12(14(15)18)6-7-13(16)17/h4-5,10H,6-9H2,1-3H3,(H,16,17). The third kappa shape index (κ3) is 4.02. The number of hydrogen-bond acceptors (Lipinski definition) is 2. The minimum Gasteiger partial charge on any atom is -0.481 e. The molecule has 0 saturated carbocycles. The van der Waals surface area contributed by atoms with Crippen LogP contribution in [-0.2, 0) is 17.8 Å². The predicted octanol–water partition coefficient (Wildman–Crippen LogP) is 2.22. The Morgan fingerprint density at radius 2 is 2.06 bits per heavy atom. The van der Waals surface area contributed by atoms with Crippen molar-refractivity contribution in [2.75, 3.05) is 0 Å². The van der Waals surface area contributed by atoms with Crippen molar-refractivity contribution >= 4 is 5.97 Å². The van der Waals surface area contributed by atoms with Gasteiger partial charge in [-0.25, -0.2) is 0 Å². The Balaban J connectivity index is 2.92. The lowest BCUT2D eigenvalue weighted by Crippen LogP contribution is -2.26. The van der Waals surface area contributed by atoms with Crippen LogP contribution in [-0.4, -0.2) is 15.6 Å². The van der Waals surface area contributed by atoms with Crippen molar-refractivity contribution in [2.24, 2.45) is 5.92 Å². The highest BCUT2D eigenvalue weighted by atomic mass is 16.4. The van der Waals surface area contributed by atoms with Gasteiger partial charge in [0.25, 0.3) is 5.56 Å². The van der Waals surface area contributed by atoms with Crippen molar-refractivity contribution in [1.29, 1.82) is 0 Å². The van der Waals surface area contributed by atoms with Crippen molar-refractivity contribution in [3.8, 4) is 0 Å². The zero-order valence-corrected chi connectivity index (χ0v) is 11.3.